The molecule has 7 unspecified atom stereocenters. The maximum Gasteiger partial charge on any atom is 0.324 e. The van der Waals surface area contributed by atoms with Crippen molar-refractivity contribution < 1.29 is 28.6 Å². The van der Waals surface area contributed by atoms with Gasteiger partial charge in [0.1, 0.15) is 12.1 Å². The second kappa shape index (κ2) is 16.4. The fourth-order valence-corrected chi connectivity index (χ4v) is 9.15. The molecule has 3 aromatic rings. The predicted molar refractivity (Wildman–Crippen MR) is 216 cm³/mol. The molecule has 1 aromatic carbocycles. The van der Waals surface area contributed by atoms with Crippen LogP contribution in [-0.4, -0.2) is 102 Å². The van der Waals surface area contributed by atoms with E-state index in [0.717, 1.165) is 46.4 Å². The molecule has 56 heavy (non-hydrogen) atoms. The second-order valence-corrected chi connectivity index (χ2v) is 17.2. The molecule has 6 bridgehead atoms. The fourth-order valence-electron chi connectivity index (χ4n) is 9.15. The number of rotatable bonds is 8. The van der Waals surface area contributed by atoms with Crippen LogP contribution in [0, 0.1) is 23.2 Å². The molecule has 7 rings (SSSR count). The third-order valence-electron chi connectivity index (χ3n) is 12.7. The van der Waals surface area contributed by atoms with Crippen LogP contribution in [0.15, 0.2) is 42.6 Å². The van der Waals surface area contributed by atoms with Gasteiger partial charge in [0.2, 0.25) is 5.91 Å². The molecule has 2 fully saturated rings. The number of carbonyl (C=O) groups excluding carboxylic acids is 3. The highest BCUT2D eigenvalue weighted by molar-refractivity contribution is 5.95. The summed E-state index contributed by atoms with van der Waals surface area (Å²) in [6.45, 7) is 15.4. The van der Waals surface area contributed by atoms with Crippen LogP contribution >= 0.6 is 0 Å². The fraction of sp³-hybridized carbons (Fsp3) is 0.591. The van der Waals surface area contributed by atoms with Gasteiger partial charge in [-0.2, -0.15) is 0 Å². The first-order chi connectivity index (χ1) is 26.8. The molecule has 12 heteroatoms. The van der Waals surface area contributed by atoms with Crippen LogP contribution in [0.1, 0.15) is 83.7 Å². The van der Waals surface area contributed by atoms with Crippen LogP contribution in [0.3, 0.4) is 0 Å². The molecule has 5 heterocycles. The number of hydrogen-bond donors (Lipinski definition) is 2. The zero-order chi connectivity index (χ0) is 39.9. The van der Waals surface area contributed by atoms with E-state index in [1.165, 1.54) is 16.1 Å². The molecule has 1 saturated carbocycles. The van der Waals surface area contributed by atoms with Gasteiger partial charge in [-0.15, -0.1) is 0 Å². The van der Waals surface area contributed by atoms with E-state index in [-0.39, 0.29) is 54.3 Å². The topological polar surface area (TPSA) is 127 Å². The van der Waals surface area contributed by atoms with Crippen molar-refractivity contribution in [3.63, 3.8) is 0 Å². The smallest absolute Gasteiger partial charge is 0.324 e. The van der Waals surface area contributed by atoms with Crippen LogP contribution in [0.25, 0.3) is 27.7 Å². The summed E-state index contributed by atoms with van der Waals surface area (Å²) in [5.41, 5.74) is 10.3. The Labute approximate surface area is 331 Å². The van der Waals surface area contributed by atoms with Gasteiger partial charge in [-0.1, -0.05) is 39.8 Å². The normalized spacial score (nSPS) is 28.6. The monoisotopic (exact) mass is 768 g/mol. The predicted octanol–water partition coefficient (Wildman–Crippen LogP) is 5.54. The van der Waals surface area contributed by atoms with Gasteiger partial charge >= 0.3 is 5.97 Å². The number of aromatic nitrogens is 2. The first-order valence-corrected chi connectivity index (χ1v) is 20.5. The van der Waals surface area contributed by atoms with Gasteiger partial charge in [0.25, 0.3) is 5.91 Å². The SMILES string of the molecule is CCn1c(-c2cccnc2C(C)OC)c2c3cc(ccc31)C1=CCC(COC)N(C1)CC(NC(=O)C1C(C)C1C)C(=O)N1CCCC(N1)C(=O)OCC(C)(C)C2. The average Bonchev–Trinajstić information content (AvgIpc) is 3.69. The van der Waals surface area contributed by atoms with Crippen molar-refractivity contribution in [1.82, 2.24) is 30.2 Å². The molecule has 1 aliphatic carbocycles. The lowest BCUT2D eigenvalue weighted by Gasteiger charge is -2.40. The average molecular weight is 769 g/mol. The number of pyridine rings is 1. The van der Waals surface area contributed by atoms with E-state index in [4.69, 9.17) is 19.2 Å². The Morgan fingerprint density at radius 1 is 1.16 bits per heavy atom. The van der Waals surface area contributed by atoms with Crippen LogP contribution in [0.4, 0.5) is 0 Å². The summed E-state index contributed by atoms with van der Waals surface area (Å²) in [6, 6.07) is 9.36. The van der Waals surface area contributed by atoms with Crippen molar-refractivity contribution >= 4 is 34.3 Å². The number of hydrazine groups is 1. The second-order valence-electron chi connectivity index (χ2n) is 17.2. The zero-order valence-corrected chi connectivity index (χ0v) is 34.4. The van der Waals surface area contributed by atoms with Crippen molar-refractivity contribution in [3.8, 4) is 11.3 Å². The van der Waals surface area contributed by atoms with Gasteiger partial charge in [0.15, 0.2) is 0 Å². The van der Waals surface area contributed by atoms with E-state index in [1.807, 2.05) is 19.2 Å². The number of nitrogens with one attached hydrogen (secondary N) is 2. The van der Waals surface area contributed by atoms with Gasteiger partial charge in [0, 0.05) is 80.4 Å². The number of methoxy groups -OCH3 is 2. The third-order valence-corrected chi connectivity index (χ3v) is 12.7. The number of ether oxygens (including phenoxy) is 3. The molecule has 3 aliphatic heterocycles. The molecular formula is C44H60N6O6. The summed E-state index contributed by atoms with van der Waals surface area (Å²) >= 11 is 0. The lowest BCUT2D eigenvalue weighted by Crippen LogP contribution is -2.62. The van der Waals surface area contributed by atoms with Gasteiger partial charge in [-0.25, -0.2) is 5.43 Å². The highest BCUT2D eigenvalue weighted by atomic mass is 16.5. The Morgan fingerprint density at radius 2 is 1.95 bits per heavy atom. The third kappa shape index (κ3) is 7.90. The molecule has 2 N–H and O–H groups in total. The van der Waals surface area contributed by atoms with E-state index in [0.29, 0.717) is 45.5 Å². The Balaban J connectivity index is 1.36. The van der Waals surface area contributed by atoms with Gasteiger partial charge in [0.05, 0.1) is 30.7 Å². The minimum atomic E-state index is -0.820. The van der Waals surface area contributed by atoms with Crippen LogP contribution < -0.4 is 10.7 Å². The molecule has 302 valence electrons. The summed E-state index contributed by atoms with van der Waals surface area (Å²) in [5.74, 6) is -0.314. The minimum absolute atomic E-state index is 0.0111. The van der Waals surface area contributed by atoms with E-state index < -0.39 is 17.5 Å². The maximum atomic E-state index is 14.4. The molecule has 4 aliphatic rings. The van der Waals surface area contributed by atoms with Gasteiger partial charge in [-0.05, 0) is 92.3 Å². The van der Waals surface area contributed by atoms with Crippen molar-refractivity contribution in [2.45, 2.75) is 98.0 Å². The van der Waals surface area contributed by atoms with E-state index in [9.17, 15) is 14.4 Å². The minimum Gasteiger partial charge on any atom is -0.464 e. The van der Waals surface area contributed by atoms with Gasteiger partial charge in [-0.3, -0.25) is 29.3 Å². The lowest BCUT2D eigenvalue weighted by atomic mass is 9.84. The van der Waals surface area contributed by atoms with Crippen molar-refractivity contribution in [3.05, 3.63) is 59.4 Å². The molecular weight excluding hydrogens is 709 g/mol. The zero-order valence-electron chi connectivity index (χ0n) is 34.4. The van der Waals surface area contributed by atoms with E-state index >= 15 is 0 Å². The summed E-state index contributed by atoms with van der Waals surface area (Å²) in [7, 11) is 3.41. The molecule has 12 nitrogen and oxygen atoms in total. The Kier molecular flexibility index (Phi) is 11.7. The van der Waals surface area contributed by atoms with Gasteiger partial charge < -0.3 is 24.1 Å². The standard InChI is InChI=1S/C44H60N6O6/c1-9-49-37-17-15-29-20-33(37)34(40(49)32-12-10-18-45-39(32)28(4)55-8)21-44(5,6)25-56-43(53)35-13-11-19-50(47-35)42(52)36(46-41(51)38-26(2)27(38)3)23-48-22-30(29)14-16-31(48)24-54-7/h10,12,14-15,17-18,20,26-28,31,35-36,38,47H,9,11,13,16,19,21-25H2,1-8H3,(H,46,51). The number of carbonyl (C=O) groups is 3. The van der Waals surface area contributed by atoms with E-state index in [2.05, 4.69) is 85.2 Å². The molecule has 0 radical (unpaired) electrons. The number of fused-ring (bicyclic) bond motifs is 6. The highest BCUT2D eigenvalue weighted by Crippen LogP contribution is 2.46. The summed E-state index contributed by atoms with van der Waals surface area (Å²) in [6.07, 6.45) is 6.46. The van der Waals surface area contributed by atoms with Crippen LogP contribution in [0.2, 0.25) is 0 Å². The highest BCUT2D eigenvalue weighted by Gasteiger charge is 2.49. The lowest BCUT2D eigenvalue weighted by molar-refractivity contribution is -0.155. The number of hydrogen-bond acceptors (Lipinski definition) is 9. The van der Waals surface area contributed by atoms with Crippen molar-refractivity contribution in [1.29, 1.82) is 0 Å². The summed E-state index contributed by atoms with van der Waals surface area (Å²) in [5, 5.41) is 5.84. The maximum absolute atomic E-state index is 14.4. The summed E-state index contributed by atoms with van der Waals surface area (Å²) in [4.78, 5) is 48.9. The number of aryl methyl sites for hydroxylation is 1. The first-order valence-electron chi connectivity index (χ1n) is 20.5. The Morgan fingerprint density at radius 3 is 2.66 bits per heavy atom. The number of esters is 1. The molecule has 0 spiro atoms. The number of amides is 2. The largest absolute Gasteiger partial charge is 0.464 e. The Hall–Kier alpha value is -4.10. The number of nitrogens with zero attached hydrogens (tertiary/aromatic N) is 4. The molecule has 2 amide bonds. The van der Waals surface area contributed by atoms with Crippen LogP contribution in [-0.2, 0) is 41.6 Å². The van der Waals surface area contributed by atoms with Crippen molar-refractivity contribution in [2.75, 3.05) is 47.1 Å². The quantitative estimate of drug-likeness (QED) is 0.284. The number of cyclic esters (lactones) is 1. The molecule has 2 aromatic heterocycles. The number of benzene rings is 1. The molecule has 1 saturated heterocycles. The molecule has 7 atom stereocenters. The Bertz CT molecular complexity index is 1980. The first kappa shape index (κ1) is 40.1. The van der Waals surface area contributed by atoms with Crippen LogP contribution in [0.5, 0.6) is 0 Å². The van der Waals surface area contributed by atoms with E-state index in [1.54, 1.807) is 14.2 Å². The van der Waals surface area contributed by atoms with Crippen molar-refractivity contribution in [2.24, 2.45) is 23.2 Å². The summed E-state index contributed by atoms with van der Waals surface area (Å²) < 4.78 is 20.0.